The van der Waals surface area contributed by atoms with Crippen LogP contribution in [0.5, 0.6) is 11.5 Å². The van der Waals surface area contributed by atoms with Gasteiger partial charge < -0.3 is 9.47 Å². The van der Waals surface area contributed by atoms with Crippen molar-refractivity contribution in [2.75, 3.05) is 6.61 Å². The van der Waals surface area contributed by atoms with Gasteiger partial charge in [0.2, 0.25) is 0 Å². The first-order valence-electron chi connectivity index (χ1n) is 9.14. The zero-order chi connectivity index (χ0) is 19.5. The normalized spacial score (nSPS) is 11.5. The lowest BCUT2D eigenvalue weighted by molar-refractivity contribution is -0.131. The van der Waals surface area contributed by atoms with Gasteiger partial charge in [0.25, 0.3) is 0 Å². The Balaban J connectivity index is 2.30. The molecular weight excluding hydrogens is 324 g/mol. The molecule has 0 aliphatic rings. The molecule has 0 aromatic heterocycles. The number of hydrogen-bond donors (Lipinski definition) is 0. The Labute approximate surface area is 157 Å². The summed E-state index contributed by atoms with van der Waals surface area (Å²) < 4.78 is 11.1. The minimum absolute atomic E-state index is 0.166. The quantitative estimate of drug-likeness (QED) is 0.501. The maximum atomic E-state index is 11.2. The summed E-state index contributed by atoms with van der Waals surface area (Å²) in [5.41, 5.74) is 4.34. The number of carbonyl (C=O) groups excluding carboxylic acids is 1. The lowest BCUT2D eigenvalue weighted by Gasteiger charge is -2.28. The molecule has 140 valence electrons. The molecule has 0 heterocycles. The van der Waals surface area contributed by atoms with Crippen molar-refractivity contribution in [3.63, 3.8) is 0 Å². The summed E-state index contributed by atoms with van der Waals surface area (Å²) in [6.07, 6.45) is 0. The second-order valence-electron chi connectivity index (χ2n) is 7.88. The molecule has 3 heteroatoms. The van der Waals surface area contributed by atoms with Crippen molar-refractivity contribution in [2.45, 2.75) is 53.9 Å². The smallest absolute Gasteiger partial charge is 0.308 e. The highest BCUT2D eigenvalue weighted by molar-refractivity contribution is 5.69. The number of hydrogen-bond acceptors (Lipinski definition) is 3. The molecule has 2 rings (SSSR count). The van der Waals surface area contributed by atoms with Crippen LogP contribution in [0.25, 0.3) is 0 Å². The van der Waals surface area contributed by atoms with Crippen molar-refractivity contribution < 1.29 is 14.3 Å². The summed E-state index contributed by atoms with van der Waals surface area (Å²) in [6, 6.07) is 12.4. The summed E-state index contributed by atoms with van der Waals surface area (Å²) in [6.45, 7) is 14.9. The van der Waals surface area contributed by atoms with Gasteiger partial charge in [0, 0.05) is 12.3 Å². The summed E-state index contributed by atoms with van der Waals surface area (Å²) in [5.74, 6) is 1.77. The Hall–Kier alpha value is -2.29. The van der Waals surface area contributed by atoms with Gasteiger partial charge in [-0.1, -0.05) is 52.0 Å². The fraction of sp³-hybridized carbons (Fsp3) is 0.435. The van der Waals surface area contributed by atoms with E-state index in [1.165, 1.54) is 18.1 Å². The number of rotatable bonds is 6. The summed E-state index contributed by atoms with van der Waals surface area (Å²) in [7, 11) is 0. The largest absolute Gasteiger partial charge is 0.493 e. The number of ether oxygens (including phenoxy) is 2. The Morgan fingerprint density at radius 1 is 0.962 bits per heavy atom. The van der Waals surface area contributed by atoms with Gasteiger partial charge in [0.15, 0.2) is 0 Å². The highest BCUT2D eigenvalue weighted by Crippen LogP contribution is 2.36. The van der Waals surface area contributed by atoms with Crippen LogP contribution >= 0.6 is 0 Å². The van der Waals surface area contributed by atoms with Crippen molar-refractivity contribution in [1.82, 2.24) is 0 Å². The van der Waals surface area contributed by atoms with Gasteiger partial charge in [-0.2, -0.15) is 0 Å². The van der Waals surface area contributed by atoms with Gasteiger partial charge in [0.05, 0.1) is 6.61 Å². The molecule has 0 atom stereocenters. The van der Waals surface area contributed by atoms with E-state index in [1.807, 2.05) is 19.1 Å². The number of carbonyl (C=O) groups is 1. The molecule has 0 N–H and O–H groups in total. The third-order valence-electron chi connectivity index (χ3n) is 4.62. The maximum Gasteiger partial charge on any atom is 0.308 e. The predicted molar refractivity (Wildman–Crippen MR) is 106 cm³/mol. The molecule has 2 aromatic carbocycles. The molecule has 0 aliphatic heterocycles. The van der Waals surface area contributed by atoms with E-state index in [9.17, 15) is 4.79 Å². The van der Waals surface area contributed by atoms with Crippen molar-refractivity contribution in [1.29, 1.82) is 0 Å². The van der Waals surface area contributed by atoms with Crippen LogP contribution in [0.3, 0.4) is 0 Å². The molecule has 0 saturated carbocycles. The second kappa shape index (κ2) is 7.94. The third-order valence-corrected chi connectivity index (χ3v) is 4.62. The SMILES string of the molecule is CC(=O)Oc1ccc(C(C)(C)c2ccc(OCC(C)C)c(C)c2)cc1C. The topological polar surface area (TPSA) is 35.5 Å². The Kier molecular flexibility index (Phi) is 6.12. The minimum Gasteiger partial charge on any atom is -0.493 e. The van der Waals surface area contributed by atoms with E-state index >= 15 is 0 Å². The van der Waals surface area contributed by atoms with Gasteiger partial charge in [-0.3, -0.25) is 4.79 Å². The van der Waals surface area contributed by atoms with E-state index in [2.05, 4.69) is 58.9 Å². The molecule has 0 amide bonds. The molecule has 0 aliphatic carbocycles. The third kappa shape index (κ3) is 4.66. The molecule has 0 unspecified atom stereocenters. The van der Waals surface area contributed by atoms with Gasteiger partial charge in [-0.05, 0) is 54.2 Å². The lowest BCUT2D eigenvalue weighted by atomic mass is 9.77. The average molecular weight is 354 g/mol. The van der Waals surface area contributed by atoms with Crippen molar-refractivity contribution >= 4 is 5.97 Å². The van der Waals surface area contributed by atoms with E-state index in [0.29, 0.717) is 11.7 Å². The zero-order valence-corrected chi connectivity index (χ0v) is 17.0. The van der Waals surface area contributed by atoms with E-state index in [1.54, 1.807) is 0 Å². The number of aryl methyl sites for hydroxylation is 2. The van der Waals surface area contributed by atoms with Gasteiger partial charge in [-0.15, -0.1) is 0 Å². The Morgan fingerprint density at radius 3 is 1.88 bits per heavy atom. The molecular formula is C23H30O3. The van der Waals surface area contributed by atoms with Crippen LogP contribution in [0.2, 0.25) is 0 Å². The lowest BCUT2D eigenvalue weighted by Crippen LogP contribution is -2.19. The molecule has 0 spiro atoms. The van der Waals surface area contributed by atoms with Crippen LogP contribution < -0.4 is 9.47 Å². The predicted octanol–water partition coefficient (Wildman–Crippen LogP) is 5.59. The number of benzene rings is 2. The average Bonchev–Trinajstić information content (AvgIpc) is 2.54. The molecule has 2 aromatic rings. The second-order valence-corrected chi connectivity index (χ2v) is 7.88. The van der Waals surface area contributed by atoms with Crippen LogP contribution in [0.15, 0.2) is 36.4 Å². The molecule has 26 heavy (non-hydrogen) atoms. The Bertz CT molecular complexity index is 788. The monoisotopic (exact) mass is 354 g/mol. The minimum atomic E-state index is -0.298. The Morgan fingerprint density at radius 2 is 1.46 bits per heavy atom. The van der Waals surface area contributed by atoms with E-state index < -0.39 is 0 Å². The first-order valence-corrected chi connectivity index (χ1v) is 9.14. The van der Waals surface area contributed by atoms with Gasteiger partial charge in [0.1, 0.15) is 11.5 Å². The van der Waals surface area contributed by atoms with E-state index in [0.717, 1.165) is 23.5 Å². The maximum absolute atomic E-state index is 11.2. The van der Waals surface area contributed by atoms with Crippen LogP contribution in [0, 0.1) is 19.8 Å². The molecule has 0 bridgehead atoms. The van der Waals surface area contributed by atoms with E-state index in [4.69, 9.17) is 9.47 Å². The fourth-order valence-corrected chi connectivity index (χ4v) is 2.93. The van der Waals surface area contributed by atoms with E-state index in [-0.39, 0.29) is 11.4 Å². The first kappa shape index (κ1) is 20.0. The van der Waals surface area contributed by atoms with Crippen molar-refractivity contribution in [3.8, 4) is 11.5 Å². The molecule has 3 nitrogen and oxygen atoms in total. The van der Waals surface area contributed by atoms with Crippen molar-refractivity contribution in [2.24, 2.45) is 5.92 Å². The fourth-order valence-electron chi connectivity index (χ4n) is 2.93. The van der Waals surface area contributed by atoms with Crippen LogP contribution in [0.1, 0.15) is 56.9 Å². The summed E-state index contributed by atoms with van der Waals surface area (Å²) in [4.78, 5) is 11.2. The van der Waals surface area contributed by atoms with Gasteiger partial charge in [-0.25, -0.2) is 0 Å². The molecule has 0 saturated heterocycles. The highest BCUT2D eigenvalue weighted by atomic mass is 16.5. The first-order chi connectivity index (χ1) is 12.1. The van der Waals surface area contributed by atoms with Gasteiger partial charge >= 0.3 is 5.97 Å². The standard InChI is InChI=1S/C23H30O3/c1-15(2)14-25-21-10-8-19(12-16(21)3)23(6,7)20-9-11-22(17(4)13-20)26-18(5)24/h8-13,15H,14H2,1-7H3. The molecule has 0 radical (unpaired) electrons. The summed E-state index contributed by atoms with van der Waals surface area (Å²) >= 11 is 0. The molecule has 0 fully saturated rings. The number of esters is 1. The zero-order valence-electron chi connectivity index (χ0n) is 17.0. The summed E-state index contributed by atoms with van der Waals surface area (Å²) in [5, 5.41) is 0. The van der Waals surface area contributed by atoms with Crippen LogP contribution in [-0.4, -0.2) is 12.6 Å². The highest BCUT2D eigenvalue weighted by Gasteiger charge is 2.24. The van der Waals surface area contributed by atoms with Crippen LogP contribution in [-0.2, 0) is 10.2 Å². The van der Waals surface area contributed by atoms with Crippen molar-refractivity contribution in [3.05, 3.63) is 58.7 Å². The van der Waals surface area contributed by atoms with Crippen LogP contribution in [0.4, 0.5) is 0 Å².